The summed E-state index contributed by atoms with van der Waals surface area (Å²) in [7, 11) is 0. The molecule has 1 amide bonds. The minimum atomic E-state index is -0.0500. The molecule has 1 aromatic heterocycles. The zero-order valence-corrected chi connectivity index (χ0v) is 10.4. The summed E-state index contributed by atoms with van der Waals surface area (Å²) in [5.74, 6) is 0.0995. The van der Waals surface area contributed by atoms with Crippen molar-refractivity contribution in [2.24, 2.45) is 11.1 Å². The lowest BCUT2D eigenvalue weighted by molar-refractivity contribution is 0.0723. The van der Waals surface area contributed by atoms with Crippen molar-refractivity contribution >= 4 is 11.6 Å². The highest BCUT2D eigenvalue weighted by Crippen LogP contribution is 2.18. The lowest BCUT2D eigenvalue weighted by Crippen LogP contribution is -2.44. The first kappa shape index (κ1) is 12.5. The molecule has 0 aromatic carbocycles. The standard InChI is InChI=1S/C13H17N3O2/c1-2-10-9-16(8-6-11(10)15-18)13(17)12-5-3-4-7-14-12/h3-5,7,10,18H,2,6,8-9H2,1H3/b15-11+. The third kappa shape index (κ3) is 2.50. The van der Waals surface area contributed by atoms with Crippen molar-refractivity contribution in [1.29, 1.82) is 0 Å². The van der Waals surface area contributed by atoms with Gasteiger partial charge in [0.25, 0.3) is 5.91 Å². The SMILES string of the molecule is CCC1CN(C(=O)c2ccccn2)CC/C1=N\O. The Labute approximate surface area is 106 Å². The Balaban J connectivity index is 2.10. The fraction of sp³-hybridized carbons (Fsp3) is 0.462. The van der Waals surface area contributed by atoms with E-state index in [9.17, 15) is 4.79 Å². The number of hydrogen-bond acceptors (Lipinski definition) is 4. The summed E-state index contributed by atoms with van der Waals surface area (Å²) in [6, 6.07) is 5.32. The molecular formula is C13H17N3O2. The second kappa shape index (κ2) is 5.62. The zero-order valence-electron chi connectivity index (χ0n) is 10.4. The third-order valence-corrected chi connectivity index (χ3v) is 3.34. The van der Waals surface area contributed by atoms with Gasteiger partial charge in [0.2, 0.25) is 0 Å². The van der Waals surface area contributed by atoms with Crippen molar-refractivity contribution in [1.82, 2.24) is 9.88 Å². The lowest BCUT2D eigenvalue weighted by atomic mass is 9.93. The highest BCUT2D eigenvalue weighted by Gasteiger charge is 2.28. The fourth-order valence-corrected chi connectivity index (χ4v) is 2.25. The summed E-state index contributed by atoms with van der Waals surface area (Å²) >= 11 is 0. The van der Waals surface area contributed by atoms with E-state index in [0.29, 0.717) is 25.2 Å². The minimum Gasteiger partial charge on any atom is -0.411 e. The summed E-state index contributed by atoms with van der Waals surface area (Å²) in [6.07, 6.45) is 3.12. The maximum absolute atomic E-state index is 12.2. The van der Waals surface area contributed by atoms with Gasteiger partial charge in [-0.05, 0) is 18.6 Å². The molecule has 0 radical (unpaired) electrons. The van der Waals surface area contributed by atoms with Crippen LogP contribution >= 0.6 is 0 Å². The molecule has 2 heterocycles. The maximum atomic E-state index is 12.2. The predicted molar refractivity (Wildman–Crippen MR) is 67.8 cm³/mol. The van der Waals surface area contributed by atoms with Crippen LogP contribution in [0.25, 0.3) is 0 Å². The van der Waals surface area contributed by atoms with Gasteiger partial charge < -0.3 is 10.1 Å². The molecule has 1 aliphatic rings. The largest absolute Gasteiger partial charge is 0.411 e. The van der Waals surface area contributed by atoms with Crippen LogP contribution in [0.2, 0.25) is 0 Å². The molecule has 1 atom stereocenters. The average Bonchev–Trinajstić information content (AvgIpc) is 2.46. The van der Waals surface area contributed by atoms with Gasteiger partial charge in [-0.25, -0.2) is 0 Å². The molecule has 1 aromatic rings. The highest BCUT2D eigenvalue weighted by molar-refractivity contribution is 5.95. The predicted octanol–water partition coefficient (Wildman–Crippen LogP) is 1.78. The van der Waals surface area contributed by atoms with E-state index in [-0.39, 0.29) is 11.8 Å². The average molecular weight is 247 g/mol. The number of oxime groups is 1. The number of rotatable bonds is 2. The summed E-state index contributed by atoms with van der Waals surface area (Å²) < 4.78 is 0. The first-order valence-corrected chi connectivity index (χ1v) is 6.17. The molecular weight excluding hydrogens is 230 g/mol. The van der Waals surface area contributed by atoms with Crippen LogP contribution in [-0.4, -0.2) is 39.8 Å². The van der Waals surface area contributed by atoms with Crippen molar-refractivity contribution in [2.75, 3.05) is 13.1 Å². The van der Waals surface area contributed by atoms with Crippen molar-refractivity contribution < 1.29 is 10.0 Å². The van der Waals surface area contributed by atoms with E-state index in [4.69, 9.17) is 5.21 Å². The van der Waals surface area contributed by atoms with Gasteiger partial charge in [-0.15, -0.1) is 0 Å². The smallest absolute Gasteiger partial charge is 0.272 e. The van der Waals surface area contributed by atoms with Crippen molar-refractivity contribution in [2.45, 2.75) is 19.8 Å². The van der Waals surface area contributed by atoms with Crippen molar-refractivity contribution in [3.8, 4) is 0 Å². The molecule has 96 valence electrons. The number of nitrogens with zero attached hydrogens (tertiary/aromatic N) is 3. The van der Waals surface area contributed by atoms with Gasteiger partial charge in [-0.2, -0.15) is 0 Å². The second-order valence-corrected chi connectivity index (χ2v) is 4.41. The maximum Gasteiger partial charge on any atom is 0.272 e. The van der Waals surface area contributed by atoms with E-state index in [1.165, 1.54) is 0 Å². The number of carbonyl (C=O) groups is 1. The molecule has 0 aliphatic carbocycles. The summed E-state index contributed by atoms with van der Waals surface area (Å²) in [6.45, 7) is 3.22. The Morgan fingerprint density at radius 3 is 3.06 bits per heavy atom. The van der Waals surface area contributed by atoms with E-state index in [0.717, 1.165) is 12.1 Å². The van der Waals surface area contributed by atoms with Gasteiger partial charge in [0.1, 0.15) is 5.69 Å². The van der Waals surface area contributed by atoms with Gasteiger partial charge in [-0.1, -0.05) is 18.1 Å². The monoisotopic (exact) mass is 247 g/mol. The van der Waals surface area contributed by atoms with Gasteiger partial charge in [0.05, 0.1) is 5.71 Å². The highest BCUT2D eigenvalue weighted by atomic mass is 16.4. The van der Waals surface area contributed by atoms with Gasteiger partial charge >= 0.3 is 0 Å². The second-order valence-electron chi connectivity index (χ2n) is 4.41. The topological polar surface area (TPSA) is 65.8 Å². The Morgan fingerprint density at radius 2 is 2.44 bits per heavy atom. The van der Waals surface area contributed by atoms with Crippen LogP contribution < -0.4 is 0 Å². The van der Waals surface area contributed by atoms with Crippen molar-refractivity contribution in [3.05, 3.63) is 30.1 Å². The van der Waals surface area contributed by atoms with Crippen LogP contribution in [-0.2, 0) is 0 Å². The number of piperidine rings is 1. The molecule has 0 bridgehead atoms. The van der Waals surface area contributed by atoms with E-state index in [1.807, 2.05) is 13.0 Å². The quantitative estimate of drug-likeness (QED) is 0.640. The number of amides is 1. The number of likely N-dealkylation sites (tertiary alicyclic amines) is 1. The fourth-order valence-electron chi connectivity index (χ4n) is 2.25. The van der Waals surface area contributed by atoms with E-state index < -0.39 is 0 Å². The molecule has 1 N–H and O–H groups in total. The number of hydrogen-bond donors (Lipinski definition) is 1. The van der Waals surface area contributed by atoms with E-state index in [1.54, 1.807) is 23.2 Å². The summed E-state index contributed by atoms with van der Waals surface area (Å²) in [5.41, 5.74) is 1.26. The number of carbonyl (C=O) groups excluding carboxylic acids is 1. The molecule has 1 aliphatic heterocycles. The van der Waals surface area contributed by atoms with Crippen LogP contribution in [0.1, 0.15) is 30.3 Å². The molecule has 2 rings (SSSR count). The molecule has 0 saturated carbocycles. The van der Waals surface area contributed by atoms with Crippen LogP contribution in [0.3, 0.4) is 0 Å². The van der Waals surface area contributed by atoms with E-state index >= 15 is 0 Å². The first-order chi connectivity index (χ1) is 8.76. The zero-order chi connectivity index (χ0) is 13.0. The van der Waals surface area contributed by atoms with Crippen LogP contribution in [0.4, 0.5) is 0 Å². The number of aromatic nitrogens is 1. The van der Waals surface area contributed by atoms with Crippen LogP contribution in [0.5, 0.6) is 0 Å². The molecule has 1 fully saturated rings. The van der Waals surface area contributed by atoms with Crippen molar-refractivity contribution in [3.63, 3.8) is 0 Å². The molecule has 5 nitrogen and oxygen atoms in total. The minimum absolute atomic E-state index is 0.0500. The first-order valence-electron chi connectivity index (χ1n) is 6.17. The molecule has 1 saturated heterocycles. The van der Waals surface area contributed by atoms with E-state index in [2.05, 4.69) is 10.1 Å². The molecule has 18 heavy (non-hydrogen) atoms. The Kier molecular flexibility index (Phi) is 3.92. The number of pyridine rings is 1. The Bertz CT molecular complexity index is 445. The lowest BCUT2D eigenvalue weighted by Gasteiger charge is -2.32. The molecule has 0 spiro atoms. The van der Waals surface area contributed by atoms with Crippen LogP contribution in [0.15, 0.2) is 29.6 Å². The Hall–Kier alpha value is -1.91. The van der Waals surface area contributed by atoms with Gasteiger partial charge in [0.15, 0.2) is 0 Å². The van der Waals surface area contributed by atoms with Crippen LogP contribution in [0, 0.1) is 5.92 Å². The molecule has 1 unspecified atom stereocenters. The third-order valence-electron chi connectivity index (χ3n) is 3.34. The summed E-state index contributed by atoms with van der Waals surface area (Å²) in [4.78, 5) is 18.1. The van der Waals surface area contributed by atoms with Gasteiger partial charge in [-0.3, -0.25) is 9.78 Å². The molecule has 5 heteroatoms. The summed E-state index contributed by atoms with van der Waals surface area (Å²) in [5, 5.41) is 12.2. The Morgan fingerprint density at radius 1 is 1.61 bits per heavy atom. The van der Waals surface area contributed by atoms with Gasteiger partial charge in [0, 0.05) is 31.6 Å². The normalized spacial score (nSPS) is 22.2.